The van der Waals surface area contributed by atoms with Crippen molar-refractivity contribution in [2.75, 3.05) is 12.0 Å². The lowest BCUT2D eigenvalue weighted by molar-refractivity contribution is -0.136. The Hall–Kier alpha value is -2.08. The van der Waals surface area contributed by atoms with E-state index in [1.165, 1.54) is 25.3 Å². The third kappa shape index (κ3) is 1.68. The highest BCUT2D eigenvalue weighted by Crippen LogP contribution is 2.49. The van der Waals surface area contributed by atoms with Crippen molar-refractivity contribution < 1.29 is 19.1 Å². The average Bonchev–Trinajstić information content (AvgIpc) is 3.20. The summed E-state index contributed by atoms with van der Waals surface area (Å²) in [5.41, 5.74) is -0.742. The second-order valence-electron chi connectivity index (χ2n) is 4.80. The van der Waals surface area contributed by atoms with Gasteiger partial charge in [-0.1, -0.05) is 11.6 Å². The van der Waals surface area contributed by atoms with Crippen LogP contribution < -0.4 is 15.0 Å². The Bertz CT molecular complexity index is 639. The standard InChI is InChI=1S/C13H11ClN2O4/c1-20-9-6-7(2-3-8(9)14)16-11(18)13(4-5-13)10(17)15-12(16)19/h2-3,6H,4-5H2,1H3,(H,15,17,19). The van der Waals surface area contributed by atoms with Gasteiger partial charge in [0.25, 0.3) is 5.91 Å². The predicted octanol–water partition coefficient (Wildman–Crippen LogP) is 1.71. The number of carbonyl (C=O) groups excluding carboxylic acids is 3. The second kappa shape index (κ2) is 4.21. The Morgan fingerprint density at radius 3 is 2.60 bits per heavy atom. The molecule has 1 aromatic rings. The summed E-state index contributed by atoms with van der Waals surface area (Å²) in [6, 6.07) is 3.81. The molecule has 104 valence electrons. The largest absolute Gasteiger partial charge is 0.495 e. The summed E-state index contributed by atoms with van der Waals surface area (Å²) in [6.45, 7) is 0. The van der Waals surface area contributed by atoms with Crippen LogP contribution in [0.5, 0.6) is 5.75 Å². The number of methoxy groups -OCH3 is 1. The van der Waals surface area contributed by atoms with Crippen molar-refractivity contribution in [2.24, 2.45) is 5.41 Å². The van der Waals surface area contributed by atoms with Crippen molar-refractivity contribution in [3.63, 3.8) is 0 Å². The molecule has 1 saturated carbocycles. The van der Waals surface area contributed by atoms with Crippen LogP contribution in [0.25, 0.3) is 0 Å². The van der Waals surface area contributed by atoms with E-state index in [-0.39, 0.29) is 0 Å². The number of urea groups is 1. The molecule has 2 fully saturated rings. The molecule has 4 amide bonds. The van der Waals surface area contributed by atoms with Crippen LogP contribution in [0.4, 0.5) is 10.5 Å². The fourth-order valence-corrected chi connectivity index (χ4v) is 2.46. The smallest absolute Gasteiger partial charge is 0.335 e. The molecule has 0 aromatic heterocycles. The number of amides is 4. The molecule has 1 aromatic carbocycles. The number of barbiturate groups is 1. The van der Waals surface area contributed by atoms with Crippen LogP contribution in [-0.2, 0) is 9.59 Å². The number of hydrogen-bond acceptors (Lipinski definition) is 4. The quantitative estimate of drug-likeness (QED) is 0.843. The minimum atomic E-state index is -1.07. The number of carbonyl (C=O) groups is 3. The van der Waals surface area contributed by atoms with Crippen LogP contribution in [0.3, 0.4) is 0 Å². The predicted molar refractivity (Wildman–Crippen MR) is 70.7 cm³/mol. The molecule has 0 bridgehead atoms. The highest BCUT2D eigenvalue weighted by atomic mass is 35.5. The van der Waals surface area contributed by atoms with E-state index in [0.29, 0.717) is 29.3 Å². The van der Waals surface area contributed by atoms with Gasteiger partial charge < -0.3 is 4.74 Å². The Labute approximate surface area is 119 Å². The first-order valence-corrected chi connectivity index (χ1v) is 6.41. The molecular formula is C13H11ClN2O4. The third-order valence-electron chi connectivity index (χ3n) is 3.61. The van der Waals surface area contributed by atoms with Crippen LogP contribution >= 0.6 is 11.6 Å². The average molecular weight is 295 g/mol. The van der Waals surface area contributed by atoms with Crippen LogP contribution in [0.1, 0.15) is 12.8 Å². The maximum Gasteiger partial charge on any atom is 0.335 e. The van der Waals surface area contributed by atoms with Gasteiger partial charge in [0, 0.05) is 6.07 Å². The summed E-state index contributed by atoms with van der Waals surface area (Å²) in [6.07, 6.45) is 0.929. The first-order chi connectivity index (χ1) is 9.49. The van der Waals surface area contributed by atoms with Crippen LogP contribution in [0.2, 0.25) is 5.02 Å². The highest BCUT2D eigenvalue weighted by Gasteiger charge is 2.62. The molecule has 1 N–H and O–H groups in total. The van der Waals surface area contributed by atoms with E-state index in [0.717, 1.165) is 4.90 Å². The van der Waals surface area contributed by atoms with Gasteiger partial charge in [-0.2, -0.15) is 0 Å². The number of nitrogens with zero attached hydrogens (tertiary/aromatic N) is 1. The van der Waals surface area contributed by atoms with Gasteiger partial charge >= 0.3 is 6.03 Å². The zero-order chi connectivity index (χ0) is 14.5. The van der Waals surface area contributed by atoms with Gasteiger partial charge in [0.2, 0.25) is 5.91 Å². The number of imide groups is 2. The van der Waals surface area contributed by atoms with E-state index >= 15 is 0 Å². The fourth-order valence-electron chi connectivity index (χ4n) is 2.26. The summed E-state index contributed by atoms with van der Waals surface area (Å²) in [7, 11) is 1.44. The van der Waals surface area contributed by atoms with Crippen molar-refractivity contribution in [1.82, 2.24) is 5.32 Å². The second-order valence-corrected chi connectivity index (χ2v) is 5.21. The first kappa shape index (κ1) is 12.9. The topological polar surface area (TPSA) is 75.7 Å². The zero-order valence-electron chi connectivity index (χ0n) is 10.6. The van der Waals surface area contributed by atoms with Gasteiger partial charge in [0.15, 0.2) is 0 Å². The van der Waals surface area contributed by atoms with Crippen molar-refractivity contribution in [1.29, 1.82) is 0 Å². The Kier molecular flexibility index (Phi) is 2.72. The van der Waals surface area contributed by atoms with Crippen molar-refractivity contribution in [3.8, 4) is 5.75 Å². The van der Waals surface area contributed by atoms with Gasteiger partial charge in [0.1, 0.15) is 11.2 Å². The van der Waals surface area contributed by atoms with Crippen molar-refractivity contribution in [3.05, 3.63) is 23.2 Å². The maximum atomic E-state index is 12.4. The summed E-state index contributed by atoms with van der Waals surface area (Å²) in [5.74, 6) is -0.646. The molecule has 0 radical (unpaired) electrons. The van der Waals surface area contributed by atoms with E-state index in [1.807, 2.05) is 0 Å². The molecule has 0 unspecified atom stereocenters. The van der Waals surface area contributed by atoms with Crippen LogP contribution in [-0.4, -0.2) is 25.0 Å². The molecule has 20 heavy (non-hydrogen) atoms. The first-order valence-electron chi connectivity index (χ1n) is 6.03. The lowest BCUT2D eigenvalue weighted by Gasteiger charge is -2.30. The van der Waals surface area contributed by atoms with Gasteiger partial charge in [-0.15, -0.1) is 0 Å². The minimum Gasteiger partial charge on any atom is -0.495 e. The number of benzene rings is 1. The van der Waals surface area contributed by atoms with E-state index in [2.05, 4.69) is 5.32 Å². The lowest BCUT2D eigenvalue weighted by Crippen LogP contribution is -2.59. The van der Waals surface area contributed by atoms with E-state index in [4.69, 9.17) is 16.3 Å². The molecule has 7 heteroatoms. The van der Waals surface area contributed by atoms with Gasteiger partial charge in [-0.05, 0) is 25.0 Å². The maximum absolute atomic E-state index is 12.4. The van der Waals surface area contributed by atoms with E-state index in [9.17, 15) is 14.4 Å². The Morgan fingerprint density at radius 2 is 2.00 bits per heavy atom. The monoisotopic (exact) mass is 294 g/mol. The number of rotatable bonds is 2. The number of ether oxygens (including phenoxy) is 1. The summed E-state index contributed by atoms with van der Waals surface area (Å²) < 4.78 is 5.07. The molecule has 6 nitrogen and oxygen atoms in total. The molecule has 1 aliphatic carbocycles. The summed E-state index contributed by atoms with van der Waals surface area (Å²) in [5, 5.41) is 2.59. The fraction of sp³-hybridized carbons (Fsp3) is 0.308. The number of nitrogens with one attached hydrogen (secondary N) is 1. The number of anilines is 1. The molecular weight excluding hydrogens is 284 g/mol. The van der Waals surface area contributed by atoms with Crippen molar-refractivity contribution in [2.45, 2.75) is 12.8 Å². The number of hydrogen-bond donors (Lipinski definition) is 1. The third-order valence-corrected chi connectivity index (χ3v) is 3.93. The molecule has 1 spiro atoms. The SMILES string of the molecule is COc1cc(N2C(=O)NC(=O)C3(CC3)C2=O)ccc1Cl. The van der Waals surface area contributed by atoms with Crippen LogP contribution in [0.15, 0.2) is 18.2 Å². The lowest BCUT2D eigenvalue weighted by atomic mass is 10.0. The Balaban J connectivity index is 2.02. The summed E-state index contributed by atoms with van der Waals surface area (Å²) in [4.78, 5) is 37.0. The van der Waals surface area contributed by atoms with Crippen LogP contribution in [0, 0.1) is 5.41 Å². The molecule has 1 heterocycles. The zero-order valence-corrected chi connectivity index (χ0v) is 11.4. The molecule has 3 rings (SSSR count). The van der Waals surface area contributed by atoms with Crippen molar-refractivity contribution >= 4 is 35.1 Å². The highest BCUT2D eigenvalue weighted by molar-refractivity contribution is 6.33. The van der Waals surface area contributed by atoms with E-state index < -0.39 is 23.3 Å². The normalized spacial score (nSPS) is 20.1. The Morgan fingerprint density at radius 1 is 1.30 bits per heavy atom. The molecule has 0 atom stereocenters. The van der Waals surface area contributed by atoms with Gasteiger partial charge in [0.05, 0.1) is 17.8 Å². The molecule has 2 aliphatic rings. The molecule has 1 aliphatic heterocycles. The number of halogens is 1. The van der Waals surface area contributed by atoms with E-state index in [1.54, 1.807) is 0 Å². The summed E-state index contributed by atoms with van der Waals surface area (Å²) >= 11 is 5.92. The van der Waals surface area contributed by atoms with Gasteiger partial charge in [-0.3, -0.25) is 14.9 Å². The van der Waals surface area contributed by atoms with Gasteiger partial charge in [-0.25, -0.2) is 9.69 Å². The minimum absolute atomic E-state index is 0.326. The molecule has 1 saturated heterocycles.